The first-order valence-corrected chi connectivity index (χ1v) is 6.23. The Morgan fingerprint density at radius 3 is 2.20 bits per heavy atom. The predicted octanol–water partition coefficient (Wildman–Crippen LogP) is 1.13. The van der Waals surface area contributed by atoms with E-state index < -0.39 is 11.4 Å². The standard InChI is InChI=1S/C13H19N3O4/c1-3-13(4-2,12(14)16-20)15-11(19)10-8(17)6-5-7-9(10)18/h5-7,17-18,20H,3-4H2,1-2H3,(H2,14,16)(H,15,19). The Kier molecular flexibility index (Phi) is 4.79. The average molecular weight is 281 g/mol. The van der Waals surface area contributed by atoms with Crippen molar-refractivity contribution in [2.24, 2.45) is 10.9 Å². The fraction of sp³-hybridized carbons (Fsp3) is 0.385. The largest absolute Gasteiger partial charge is 0.507 e. The van der Waals surface area contributed by atoms with Gasteiger partial charge in [0.1, 0.15) is 22.6 Å². The van der Waals surface area contributed by atoms with Crippen molar-refractivity contribution in [2.75, 3.05) is 0 Å². The van der Waals surface area contributed by atoms with Crippen LogP contribution in [-0.2, 0) is 0 Å². The molecule has 0 saturated heterocycles. The Morgan fingerprint density at radius 1 is 1.30 bits per heavy atom. The summed E-state index contributed by atoms with van der Waals surface area (Å²) in [5, 5.41) is 33.7. The van der Waals surface area contributed by atoms with E-state index in [-0.39, 0.29) is 22.9 Å². The van der Waals surface area contributed by atoms with E-state index in [2.05, 4.69) is 10.5 Å². The molecule has 0 spiro atoms. The average Bonchev–Trinajstić information content (AvgIpc) is 2.43. The topological polar surface area (TPSA) is 128 Å². The van der Waals surface area contributed by atoms with Gasteiger partial charge in [-0.1, -0.05) is 25.1 Å². The van der Waals surface area contributed by atoms with Gasteiger partial charge in [0.05, 0.1) is 0 Å². The number of hydrogen-bond donors (Lipinski definition) is 5. The van der Waals surface area contributed by atoms with Gasteiger partial charge in [0.15, 0.2) is 5.84 Å². The highest BCUT2D eigenvalue weighted by Crippen LogP contribution is 2.27. The number of hydrogen-bond acceptors (Lipinski definition) is 5. The van der Waals surface area contributed by atoms with E-state index in [1.54, 1.807) is 13.8 Å². The molecule has 0 atom stereocenters. The Bertz CT molecular complexity index is 504. The van der Waals surface area contributed by atoms with E-state index in [0.29, 0.717) is 12.8 Å². The van der Waals surface area contributed by atoms with Gasteiger partial charge in [0.2, 0.25) is 0 Å². The van der Waals surface area contributed by atoms with Crippen LogP contribution in [0.4, 0.5) is 0 Å². The van der Waals surface area contributed by atoms with Crippen LogP contribution in [-0.4, -0.2) is 32.7 Å². The molecule has 0 saturated carbocycles. The smallest absolute Gasteiger partial charge is 0.259 e. The number of rotatable bonds is 5. The van der Waals surface area contributed by atoms with Crippen LogP contribution in [0.3, 0.4) is 0 Å². The lowest BCUT2D eigenvalue weighted by atomic mass is 9.91. The number of nitrogens with two attached hydrogens (primary N) is 1. The molecule has 1 aromatic carbocycles. The molecule has 20 heavy (non-hydrogen) atoms. The number of phenols is 2. The van der Waals surface area contributed by atoms with Gasteiger partial charge >= 0.3 is 0 Å². The van der Waals surface area contributed by atoms with Crippen LogP contribution in [0.15, 0.2) is 23.4 Å². The maximum absolute atomic E-state index is 12.2. The Balaban J connectivity index is 3.16. The number of carbonyl (C=O) groups is 1. The van der Waals surface area contributed by atoms with Crippen molar-refractivity contribution >= 4 is 11.7 Å². The Labute approximate surface area is 116 Å². The molecule has 0 unspecified atom stereocenters. The number of oxime groups is 1. The molecular formula is C13H19N3O4. The van der Waals surface area contributed by atoms with Crippen LogP contribution in [0.25, 0.3) is 0 Å². The van der Waals surface area contributed by atoms with Crippen LogP contribution < -0.4 is 11.1 Å². The molecule has 0 heterocycles. The summed E-state index contributed by atoms with van der Waals surface area (Å²) < 4.78 is 0. The minimum absolute atomic E-state index is 0.134. The van der Waals surface area contributed by atoms with Crippen molar-refractivity contribution in [2.45, 2.75) is 32.2 Å². The van der Waals surface area contributed by atoms with Crippen molar-refractivity contribution < 1.29 is 20.2 Å². The lowest BCUT2D eigenvalue weighted by Gasteiger charge is -2.31. The molecule has 0 aliphatic rings. The quantitative estimate of drug-likeness (QED) is 0.239. The van der Waals surface area contributed by atoms with E-state index in [1.165, 1.54) is 18.2 Å². The second-order valence-electron chi connectivity index (χ2n) is 4.40. The van der Waals surface area contributed by atoms with Crippen molar-refractivity contribution in [1.82, 2.24) is 5.32 Å². The minimum Gasteiger partial charge on any atom is -0.507 e. The van der Waals surface area contributed by atoms with E-state index in [4.69, 9.17) is 10.9 Å². The monoisotopic (exact) mass is 281 g/mol. The molecule has 1 rings (SSSR count). The third-order valence-corrected chi connectivity index (χ3v) is 3.41. The van der Waals surface area contributed by atoms with Crippen molar-refractivity contribution in [3.05, 3.63) is 23.8 Å². The summed E-state index contributed by atoms with van der Waals surface area (Å²) in [6.07, 6.45) is 0.777. The zero-order valence-electron chi connectivity index (χ0n) is 11.4. The summed E-state index contributed by atoms with van der Waals surface area (Å²) in [6, 6.07) is 3.99. The molecule has 0 fully saturated rings. The van der Waals surface area contributed by atoms with Crippen LogP contribution in [0.2, 0.25) is 0 Å². The third kappa shape index (κ3) is 2.76. The fourth-order valence-corrected chi connectivity index (χ4v) is 1.99. The third-order valence-electron chi connectivity index (χ3n) is 3.41. The SMILES string of the molecule is CCC(CC)(NC(=O)c1c(O)cccc1O)/C(N)=N/O. The number of carbonyl (C=O) groups excluding carboxylic acids is 1. The molecule has 0 aromatic heterocycles. The van der Waals surface area contributed by atoms with E-state index >= 15 is 0 Å². The van der Waals surface area contributed by atoms with Crippen LogP contribution >= 0.6 is 0 Å². The first-order chi connectivity index (χ1) is 9.41. The maximum atomic E-state index is 12.2. The van der Waals surface area contributed by atoms with Gasteiger partial charge < -0.3 is 26.5 Å². The first-order valence-electron chi connectivity index (χ1n) is 6.23. The van der Waals surface area contributed by atoms with Crippen LogP contribution in [0.5, 0.6) is 11.5 Å². The van der Waals surface area contributed by atoms with Gasteiger partial charge in [-0.2, -0.15) is 0 Å². The zero-order valence-corrected chi connectivity index (χ0v) is 11.4. The number of benzene rings is 1. The van der Waals surface area contributed by atoms with Crippen molar-refractivity contribution in [3.63, 3.8) is 0 Å². The van der Waals surface area contributed by atoms with Crippen LogP contribution in [0.1, 0.15) is 37.0 Å². The maximum Gasteiger partial charge on any atom is 0.259 e. The number of amidine groups is 1. The van der Waals surface area contributed by atoms with Crippen molar-refractivity contribution in [1.29, 1.82) is 0 Å². The molecule has 7 heteroatoms. The van der Waals surface area contributed by atoms with E-state index in [1.807, 2.05) is 0 Å². The second-order valence-corrected chi connectivity index (χ2v) is 4.40. The molecule has 1 amide bonds. The summed E-state index contributed by atoms with van der Waals surface area (Å²) in [6.45, 7) is 3.54. The summed E-state index contributed by atoms with van der Waals surface area (Å²) in [5.41, 5.74) is 4.35. The minimum atomic E-state index is -1.04. The summed E-state index contributed by atoms with van der Waals surface area (Å²) in [7, 11) is 0. The lowest BCUT2D eigenvalue weighted by molar-refractivity contribution is 0.0912. The van der Waals surface area contributed by atoms with Crippen LogP contribution in [0, 0.1) is 0 Å². The number of phenolic OH excluding ortho intramolecular Hbond substituents is 2. The van der Waals surface area contributed by atoms with Gasteiger partial charge in [-0.25, -0.2) is 0 Å². The summed E-state index contributed by atoms with van der Waals surface area (Å²) >= 11 is 0. The van der Waals surface area contributed by atoms with Gasteiger partial charge in [0.25, 0.3) is 5.91 Å². The molecule has 0 aliphatic carbocycles. The number of nitrogens with one attached hydrogen (secondary N) is 1. The molecule has 0 bridgehead atoms. The lowest BCUT2D eigenvalue weighted by Crippen LogP contribution is -2.56. The van der Waals surface area contributed by atoms with Gasteiger partial charge in [-0.05, 0) is 25.0 Å². The Hall–Kier alpha value is -2.44. The highest BCUT2D eigenvalue weighted by atomic mass is 16.4. The second kappa shape index (κ2) is 6.14. The molecule has 110 valence electrons. The number of nitrogens with zero attached hydrogens (tertiary/aromatic N) is 1. The molecular weight excluding hydrogens is 262 g/mol. The highest BCUT2D eigenvalue weighted by Gasteiger charge is 2.34. The number of aromatic hydroxyl groups is 2. The van der Waals surface area contributed by atoms with Gasteiger partial charge in [-0.3, -0.25) is 4.79 Å². The van der Waals surface area contributed by atoms with E-state index in [9.17, 15) is 15.0 Å². The molecule has 1 aromatic rings. The van der Waals surface area contributed by atoms with E-state index in [0.717, 1.165) is 0 Å². The first kappa shape index (κ1) is 15.6. The molecule has 0 aliphatic heterocycles. The van der Waals surface area contributed by atoms with Crippen molar-refractivity contribution in [3.8, 4) is 11.5 Å². The number of amides is 1. The predicted molar refractivity (Wildman–Crippen MR) is 74.0 cm³/mol. The fourth-order valence-electron chi connectivity index (χ4n) is 1.99. The molecule has 0 radical (unpaired) electrons. The Morgan fingerprint density at radius 2 is 1.80 bits per heavy atom. The zero-order chi connectivity index (χ0) is 15.3. The summed E-state index contributed by atoms with van der Waals surface area (Å²) in [4.78, 5) is 12.2. The van der Waals surface area contributed by atoms with Gasteiger partial charge in [-0.15, -0.1) is 0 Å². The van der Waals surface area contributed by atoms with Gasteiger partial charge in [0, 0.05) is 0 Å². The summed E-state index contributed by atoms with van der Waals surface area (Å²) in [5.74, 6) is -1.52. The molecule has 6 N–H and O–H groups in total. The molecule has 7 nitrogen and oxygen atoms in total. The highest BCUT2D eigenvalue weighted by molar-refractivity contribution is 6.03. The normalized spacial score (nSPS) is 12.2.